The molecule has 20 heavy (non-hydrogen) atoms. The molecule has 0 bridgehead atoms. The molecular formula is C15H19BrClN3. The Morgan fingerprint density at radius 2 is 2.10 bits per heavy atom. The minimum atomic E-state index is 0.516. The third kappa shape index (κ3) is 3.01. The standard InChI is InChI=1S/C15H19BrClN3/c1-4-13-19-14(15(18)20(13)8-9(2)3)11-7-10(16)5-6-12(11)17/h5-7,9H,4,8,18H2,1-3H3. The van der Waals surface area contributed by atoms with Gasteiger partial charge in [0.25, 0.3) is 0 Å². The van der Waals surface area contributed by atoms with Crippen molar-refractivity contribution in [1.29, 1.82) is 0 Å². The summed E-state index contributed by atoms with van der Waals surface area (Å²) in [5.74, 6) is 2.21. The van der Waals surface area contributed by atoms with E-state index in [4.69, 9.17) is 17.3 Å². The molecule has 5 heteroatoms. The van der Waals surface area contributed by atoms with Gasteiger partial charge in [-0.05, 0) is 24.1 Å². The molecule has 3 nitrogen and oxygen atoms in total. The fraction of sp³-hybridized carbons (Fsp3) is 0.400. The van der Waals surface area contributed by atoms with Crippen molar-refractivity contribution in [2.45, 2.75) is 33.7 Å². The van der Waals surface area contributed by atoms with E-state index in [1.807, 2.05) is 18.2 Å². The van der Waals surface area contributed by atoms with Gasteiger partial charge in [0.2, 0.25) is 0 Å². The van der Waals surface area contributed by atoms with Gasteiger partial charge >= 0.3 is 0 Å². The summed E-state index contributed by atoms with van der Waals surface area (Å²) in [5.41, 5.74) is 7.95. The van der Waals surface area contributed by atoms with Crippen LogP contribution in [0.3, 0.4) is 0 Å². The third-order valence-electron chi connectivity index (χ3n) is 3.13. The highest BCUT2D eigenvalue weighted by Crippen LogP contribution is 2.34. The molecule has 1 heterocycles. The van der Waals surface area contributed by atoms with E-state index >= 15 is 0 Å². The number of hydrogen-bond donors (Lipinski definition) is 1. The molecule has 0 aliphatic rings. The maximum Gasteiger partial charge on any atom is 0.131 e. The molecule has 0 radical (unpaired) electrons. The lowest BCUT2D eigenvalue weighted by atomic mass is 10.1. The molecule has 2 aromatic rings. The van der Waals surface area contributed by atoms with Crippen LogP contribution in [0.1, 0.15) is 26.6 Å². The van der Waals surface area contributed by atoms with Crippen LogP contribution in [0.5, 0.6) is 0 Å². The van der Waals surface area contributed by atoms with Gasteiger partial charge in [-0.2, -0.15) is 0 Å². The first-order valence-corrected chi connectivity index (χ1v) is 7.91. The molecule has 0 fully saturated rings. The van der Waals surface area contributed by atoms with Crippen molar-refractivity contribution in [1.82, 2.24) is 9.55 Å². The Hall–Kier alpha value is -1.00. The minimum Gasteiger partial charge on any atom is -0.383 e. The lowest BCUT2D eigenvalue weighted by Gasteiger charge is -2.11. The van der Waals surface area contributed by atoms with Crippen LogP contribution in [0.25, 0.3) is 11.3 Å². The molecule has 0 unspecified atom stereocenters. The number of nitrogen functional groups attached to an aromatic ring is 1. The second kappa shape index (κ2) is 6.19. The SMILES string of the molecule is CCc1nc(-c2cc(Br)ccc2Cl)c(N)n1CC(C)C. The van der Waals surface area contributed by atoms with Crippen LogP contribution in [0.15, 0.2) is 22.7 Å². The van der Waals surface area contributed by atoms with Crippen molar-refractivity contribution in [2.75, 3.05) is 5.73 Å². The molecule has 0 spiro atoms. The average molecular weight is 357 g/mol. The van der Waals surface area contributed by atoms with Crippen molar-refractivity contribution in [3.8, 4) is 11.3 Å². The highest BCUT2D eigenvalue weighted by molar-refractivity contribution is 9.10. The van der Waals surface area contributed by atoms with Crippen molar-refractivity contribution >= 4 is 33.3 Å². The number of nitrogens with zero attached hydrogens (tertiary/aromatic N) is 2. The van der Waals surface area contributed by atoms with Crippen LogP contribution < -0.4 is 5.73 Å². The Kier molecular flexibility index (Phi) is 4.76. The molecule has 1 aromatic carbocycles. The fourth-order valence-corrected chi connectivity index (χ4v) is 2.80. The van der Waals surface area contributed by atoms with Gasteiger partial charge in [-0.1, -0.05) is 48.3 Å². The number of imidazole rings is 1. The molecule has 2 rings (SSSR count). The minimum absolute atomic E-state index is 0.516. The zero-order valence-corrected chi connectivity index (χ0v) is 14.3. The number of aryl methyl sites for hydroxylation is 1. The lowest BCUT2D eigenvalue weighted by Crippen LogP contribution is -2.10. The van der Waals surface area contributed by atoms with Gasteiger partial charge in [0.1, 0.15) is 17.3 Å². The monoisotopic (exact) mass is 355 g/mol. The molecule has 108 valence electrons. The second-order valence-electron chi connectivity index (χ2n) is 5.24. The van der Waals surface area contributed by atoms with E-state index in [2.05, 4.69) is 46.3 Å². The molecule has 0 aliphatic heterocycles. The van der Waals surface area contributed by atoms with E-state index in [1.54, 1.807) is 0 Å². The highest BCUT2D eigenvalue weighted by Gasteiger charge is 2.18. The molecule has 1 aromatic heterocycles. The number of halogens is 2. The Morgan fingerprint density at radius 1 is 1.40 bits per heavy atom. The van der Waals surface area contributed by atoms with Gasteiger partial charge in [-0.15, -0.1) is 0 Å². The molecule has 2 N–H and O–H groups in total. The largest absolute Gasteiger partial charge is 0.383 e. The summed E-state index contributed by atoms with van der Waals surface area (Å²) in [6.07, 6.45) is 0.850. The first-order chi connectivity index (χ1) is 9.43. The van der Waals surface area contributed by atoms with Gasteiger partial charge in [0.05, 0.1) is 5.02 Å². The zero-order chi connectivity index (χ0) is 14.9. The maximum atomic E-state index is 6.31. The van der Waals surface area contributed by atoms with Gasteiger partial charge in [-0.25, -0.2) is 4.98 Å². The van der Waals surface area contributed by atoms with Crippen molar-refractivity contribution < 1.29 is 0 Å². The van der Waals surface area contributed by atoms with E-state index in [0.717, 1.165) is 34.5 Å². The first-order valence-electron chi connectivity index (χ1n) is 6.74. The average Bonchev–Trinajstić information content (AvgIpc) is 2.69. The predicted molar refractivity (Wildman–Crippen MR) is 89.0 cm³/mol. The van der Waals surface area contributed by atoms with E-state index in [1.165, 1.54) is 0 Å². The Balaban J connectivity index is 2.57. The van der Waals surface area contributed by atoms with Crippen molar-refractivity contribution in [3.05, 3.63) is 33.5 Å². The molecule has 0 atom stereocenters. The summed E-state index contributed by atoms with van der Waals surface area (Å²) in [4.78, 5) is 4.69. The number of aromatic nitrogens is 2. The molecule has 0 amide bonds. The molecule has 0 saturated carbocycles. The van der Waals surface area contributed by atoms with Crippen LogP contribution in [0, 0.1) is 5.92 Å². The number of benzene rings is 1. The van der Waals surface area contributed by atoms with Crippen LogP contribution in [0.4, 0.5) is 5.82 Å². The summed E-state index contributed by atoms with van der Waals surface area (Å²) in [6, 6.07) is 5.72. The van der Waals surface area contributed by atoms with E-state index in [-0.39, 0.29) is 0 Å². The third-order valence-corrected chi connectivity index (χ3v) is 3.96. The van der Waals surface area contributed by atoms with Gasteiger partial charge in [0, 0.05) is 23.0 Å². The Labute approximate surface area is 133 Å². The number of nitrogens with two attached hydrogens (primary N) is 1. The van der Waals surface area contributed by atoms with Gasteiger partial charge in [-0.3, -0.25) is 0 Å². The fourth-order valence-electron chi connectivity index (χ4n) is 2.23. The van der Waals surface area contributed by atoms with E-state index in [0.29, 0.717) is 16.8 Å². The van der Waals surface area contributed by atoms with Crippen molar-refractivity contribution in [3.63, 3.8) is 0 Å². The van der Waals surface area contributed by atoms with E-state index < -0.39 is 0 Å². The summed E-state index contributed by atoms with van der Waals surface area (Å²) in [5, 5.41) is 0.664. The Morgan fingerprint density at radius 3 is 2.70 bits per heavy atom. The molecule has 0 aliphatic carbocycles. The smallest absolute Gasteiger partial charge is 0.131 e. The van der Waals surface area contributed by atoms with Crippen LogP contribution in [-0.4, -0.2) is 9.55 Å². The highest BCUT2D eigenvalue weighted by atomic mass is 79.9. The predicted octanol–water partition coefficient (Wildman–Crippen LogP) is 4.77. The summed E-state index contributed by atoms with van der Waals surface area (Å²) < 4.78 is 3.06. The van der Waals surface area contributed by atoms with Crippen molar-refractivity contribution in [2.24, 2.45) is 5.92 Å². The summed E-state index contributed by atoms with van der Waals surface area (Å²) in [6.45, 7) is 7.30. The normalized spacial score (nSPS) is 11.3. The van der Waals surface area contributed by atoms with Gasteiger partial charge in [0.15, 0.2) is 0 Å². The first kappa shape index (κ1) is 15.4. The second-order valence-corrected chi connectivity index (χ2v) is 6.57. The van der Waals surface area contributed by atoms with Gasteiger partial charge < -0.3 is 10.3 Å². The quantitative estimate of drug-likeness (QED) is 0.857. The number of rotatable bonds is 4. The number of anilines is 1. The summed E-state index contributed by atoms with van der Waals surface area (Å²) in [7, 11) is 0. The number of hydrogen-bond acceptors (Lipinski definition) is 2. The van der Waals surface area contributed by atoms with Crippen LogP contribution in [0.2, 0.25) is 5.02 Å². The topological polar surface area (TPSA) is 43.8 Å². The van der Waals surface area contributed by atoms with E-state index in [9.17, 15) is 0 Å². The molecule has 0 saturated heterocycles. The Bertz CT molecular complexity index is 620. The molecular weight excluding hydrogens is 338 g/mol. The van der Waals surface area contributed by atoms with Crippen LogP contribution >= 0.6 is 27.5 Å². The van der Waals surface area contributed by atoms with Crippen LogP contribution in [-0.2, 0) is 13.0 Å². The summed E-state index contributed by atoms with van der Waals surface area (Å²) >= 11 is 9.75. The lowest BCUT2D eigenvalue weighted by molar-refractivity contribution is 0.513. The maximum absolute atomic E-state index is 6.31. The zero-order valence-electron chi connectivity index (χ0n) is 12.0.